The number of fused-ring (bicyclic) bond motifs is 5. The van der Waals surface area contributed by atoms with Crippen molar-refractivity contribution in [3.8, 4) is 66.8 Å². The van der Waals surface area contributed by atoms with E-state index in [1.54, 1.807) is 0 Å². The maximum atomic E-state index is 14.3. The first-order valence-corrected chi connectivity index (χ1v) is 19.5. The van der Waals surface area contributed by atoms with Crippen molar-refractivity contribution >= 4 is 38.0 Å². The van der Waals surface area contributed by atoms with Crippen LogP contribution >= 0.6 is 0 Å². The third kappa shape index (κ3) is 5.61. The molecule has 0 bridgehead atoms. The predicted octanol–water partition coefficient (Wildman–Crippen LogP) is 14.2. The Labute approximate surface area is 330 Å². The van der Waals surface area contributed by atoms with Gasteiger partial charge in [0, 0.05) is 21.5 Å². The van der Waals surface area contributed by atoms with Crippen molar-refractivity contribution in [2.45, 2.75) is 0 Å². The molecule has 0 unspecified atom stereocenters. The van der Waals surface area contributed by atoms with Crippen molar-refractivity contribution in [2.24, 2.45) is 0 Å². The number of hydrogen-bond donors (Lipinski definition) is 0. The highest BCUT2D eigenvalue weighted by Gasteiger charge is 2.19. The summed E-state index contributed by atoms with van der Waals surface area (Å²) in [4.78, 5) is 14.3. The van der Waals surface area contributed by atoms with Gasteiger partial charge in [0.05, 0.1) is 11.0 Å². The summed E-state index contributed by atoms with van der Waals surface area (Å²) < 4.78 is 1.94. The van der Waals surface area contributed by atoms with Crippen molar-refractivity contribution in [3.63, 3.8) is 0 Å². The number of pyridine rings is 1. The maximum absolute atomic E-state index is 14.3. The third-order valence-corrected chi connectivity index (χ3v) is 11.5. The lowest BCUT2D eigenvalue weighted by Gasteiger charge is -2.11. The topological polar surface area (TPSA) is 21.5 Å². The van der Waals surface area contributed by atoms with E-state index in [1.165, 1.54) is 33.4 Å². The molecule has 57 heavy (non-hydrogen) atoms. The first-order chi connectivity index (χ1) is 28.2. The van der Waals surface area contributed by atoms with Gasteiger partial charge in [-0.05, 0) is 127 Å². The Morgan fingerprint density at radius 2 is 0.596 bits per heavy atom. The van der Waals surface area contributed by atoms with Gasteiger partial charge in [-0.15, -0.1) is 0 Å². The average Bonchev–Trinajstić information content (AvgIpc) is 3.63. The van der Waals surface area contributed by atoms with Crippen molar-refractivity contribution in [1.29, 1.82) is 0 Å². The molecule has 266 valence electrons. The minimum absolute atomic E-state index is 0.0131. The van der Waals surface area contributed by atoms with E-state index in [0.717, 1.165) is 71.3 Å². The molecular formula is C55H35NO. The first-order valence-electron chi connectivity index (χ1n) is 19.5. The molecule has 0 saturated heterocycles. The van der Waals surface area contributed by atoms with Gasteiger partial charge in [-0.25, -0.2) is 0 Å². The second-order valence-electron chi connectivity index (χ2n) is 14.9. The summed E-state index contributed by atoms with van der Waals surface area (Å²) in [5.41, 5.74) is 15.9. The molecule has 2 aromatic heterocycles. The second kappa shape index (κ2) is 13.3. The molecule has 2 heterocycles. The molecule has 0 amide bonds. The van der Waals surface area contributed by atoms with Crippen molar-refractivity contribution in [1.82, 2.24) is 4.40 Å². The van der Waals surface area contributed by atoms with Crippen LogP contribution in [-0.4, -0.2) is 4.40 Å². The second-order valence-corrected chi connectivity index (χ2v) is 14.9. The molecule has 0 fully saturated rings. The van der Waals surface area contributed by atoms with Crippen LogP contribution in [0.1, 0.15) is 0 Å². The molecule has 0 atom stereocenters. The van der Waals surface area contributed by atoms with Crippen LogP contribution in [0.15, 0.2) is 217 Å². The summed E-state index contributed by atoms with van der Waals surface area (Å²) in [6.07, 6.45) is 0. The molecule has 0 aliphatic heterocycles. The molecule has 0 N–H and O–H groups in total. The lowest BCUT2D eigenvalue weighted by atomic mass is 9.93. The summed E-state index contributed by atoms with van der Waals surface area (Å²) in [5, 5.41) is 4.91. The quantitative estimate of drug-likeness (QED) is 0.156. The Morgan fingerprint density at radius 3 is 1.09 bits per heavy atom. The van der Waals surface area contributed by atoms with Gasteiger partial charge in [-0.1, -0.05) is 158 Å². The number of benzene rings is 9. The highest BCUT2D eigenvalue weighted by Crippen LogP contribution is 2.40. The molecule has 0 aliphatic carbocycles. The molecule has 11 rings (SSSR count). The summed E-state index contributed by atoms with van der Waals surface area (Å²) in [5.74, 6) is 0. The first kappa shape index (κ1) is 32.8. The van der Waals surface area contributed by atoms with Crippen LogP contribution in [0.2, 0.25) is 0 Å². The van der Waals surface area contributed by atoms with Crippen molar-refractivity contribution < 1.29 is 0 Å². The lowest BCUT2D eigenvalue weighted by Crippen LogP contribution is -2.12. The standard InChI is InChI=1S/C55H35NO/c57-55-49-26-8-7-25-48(49)51-34-47(45-24-12-22-43(32-45)41-20-10-18-39(30-41)37-15-5-2-6-16-37)35-52-50-33-46(27-28-53(50)56(55)54(51)52)44-23-11-21-42(31-44)40-19-9-17-38(29-40)36-13-3-1-4-14-36/h1-35H. The normalized spacial score (nSPS) is 11.6. The van der Waals surface area contributed by atoms with Crippen LogP contribution in [0.4, 0.5) is 0 Å². The Bertz CT molecular complexity index is 3360. The maximum Gasteiger partial charge on any atom is 0.263 e. The highest BCUT2D eigenvalue weighted by atomic mass is 16.1. The van der Waals surface area contributed by atoms with Gasteiger partial charge in [-0.3, -0.25) is 9.20 Å². The summed E-state index contributed by atoms with van der Waals surface area (Å²) in [6.45, 7) is 0. The van der Waals surface area contributed by atoms with Crippen LogP contribution in [-0.2, 0) is 0 Å². The zero-order chi connectivity index (χ0) is 37.9. The van der Waals surface area contributed by atoms with Gasteiger partial charge in [0.15, 0.2) is 0 Å². The van der Waals surface area contributed by atoms with Crippen LogP contribution in [0.25, 0.3) is 105 Å². The largest absolute Gasteiger partial charge is 0.275 e. The van der Waals surface area contributed by atoms with Gasteiger partial charge in [0.1, 0.15) is 0 Å². The summed E-state index contributed by atoms with van der Waals surface area (Å²) in [6, 6.07) is 75.3. The SMILES string of the molecule is O=c1c2ccccc2c2cc(-c3cccc(-c4cccc(-c5ccccc5)c4)c3)cc3c4cc(-c5cccc(-c6cccc(-c7ccccc7)c6)c5)ccc4n1c23. The Balaban J connectivity index is 1.07. The van der Waals surface area contributed by atoms with E-state index in [2.05, 4.69) is 194 Å². The fourth-order valence-electron chi connectivity index (χ4n) is 8.71. The molecule has 0 spiro atoms. The van der Waals surface area contributed by atoms with E-state index in [4.69, 9.17) is 0 Å². The van der Waals surface area contributed by atoms with Crippen LogP contribution < -0.4 is 5.56 Å². The zero-order valence-electron chi connectivity index (χ0n) is 31.1. The molecule has 0 radical (unpaired) electrons. The van der Waals surface area contributed by atoms with E-state index in [0.29, 0.717) is 0 Å². The van der Waals surface area contributed by atoms with Crippen molar-refractivity contribution in [2.75, 3.05) is 0 Å². The molecular weight excluding hydrogens is 691 g/mol. The number of aromatic nitrogens is 1. The molecule has 2 heteroatoms. The van der Waals surface area contributed by atoms with Crippen LogP contribution in [0, 0.1) is 0 Å². The monoisotopic (exact) mass is 725 g/mol. The molecule has 0 aliphatic rings. The van der Waals surface area contributed by atoms with Gasteiger partial charge >= 0.3 is 0 Å². The Morgan fingerprint density at radius 1 is 0.246 bits per heavy atom. The Kier molecular flexibility index (Phi) is 7.68. The fourth-order valence-corrected chi connectivity index (χ4v) is 8.71. The van der Waals surface area contributed by atoms with Crippen LogP contribution in [0.5, 0.6) is 0 Å². The van der Waals surface area contributed by atoms with E-state index < -0.39 is 0 Å². The van der Waals surface area contributed by atoms with Crippen LogP contribution in [0.3, 0.4) is 0 Å². The Hall–Kier alpha value is -7.55. The molecule has 0 saturated carbocycles. The van der Waals surface area contributed by atoms with E-state index >= 15 is 0 Å². The molecule has 11 aromatic rings. The fraction of sp³-hybridized carbons (Fsp3) is 0. The van der Waals surface area contributed by atoms with E-state index in [-0.39, 0.29) is 5.56 Å². The summed E-state index contributed by atoms with van der Waals surface area (Å²) >= 11 is 0. The van der Waals surface area contributed by atoms with Gasteiger partial charge in [-0.2, -0.15) is 0 Å². The van der Waals surface area contributed by atoms with E-state index in [9.17, 15) is 4.79 Å². The van der Waals surface area contributed by atoms with Gasteiger partial charge < -0.3 is 0 Å². The minimum Gasteiger partial charge on any atom is -0.275 e. The minimum atomic E-state index is 0.0131. The smallest absolute Gasteiger partial charge is 0.263 e. The summed E-state index contributed by atoms with van der Waals surface area (Å²) in [7, 11) is 0. The molecule has 9 aromatic carbocycles. The van der Waals surface area contributed by atoms with Crippen molar-refractivity contribution in [3.05, 3.63) is 223 Å². The highest BCUT2D eigenvalue weighted by molar-refractivity contribution is 6.22. The molecule has 2 nitrogen and oxygen atoms in total. The number of hydrogen-bond acceptors (Lipinski definition) is 1. The average molecular weight is 726 g/mol. The number of nitrogens with zero attached hydrogens (tertiary/aromatic N) is 1. The number of rotatable bonds is 6. The predicted molar refractivity (Wildman–Crippen MR) is 240 cm³/mol. The van der Waals surface area contributed by atoms with E-state index in [1.807, 2.05) is 22.6 Å². The lowest BCUT2D eigenvalue weighted by molar-refractivity contribution is 1.21. The van der Waals surface area contributed by atoms with Gasteiger partial charge in [0.2, 0.25) is 0 Å². The third-order valence-electron chi connectivity index (χ3n) is 11.5. The zero-order valence-corrected chi connectivity index (χ0v) is 31.1. The van der Waals surface area contributed by atoms with Gasteiger partial charge in [0.25, 0.3) is 5.56 Å².